The number of cyclic esters (lactones) is 1. The number of aliphatic hydroxyl groups excluding tert-OH is 1. The molecule has 5 nitrogen and oxygen atoms in total. The minimum absolute atomic E-state index is 0.153. The molecule has 0 saturated carbocycles. The fourth-order valence-corrected chi connectivity index (χ4v) is 3.46. The van der Waals surface area contributed by atoms with E-state index in [1.807, 2.05) is 37.3 Å². The Balaban J connectivity index is 1.69. The van der Waals surface area contributed by atoms with E-state index in [1.165, 1.54) is 0 Å². The lowest BCUT2D eigenvalue weighted by Crippen LogP contribution is -2.39. The Bertz CT molecular complexity index is 891. The van der Waals surface area contributed by atoms with Gasteiger partial charge in [0.1, 0.15) is 6.61 Å². The molecule has 3 rings (SSSR count). The third-order valence-corrected chi connectivity index (χ3v) is 5.21. The normalized spacial score (nSPS) is 21.1. The summed E-state index contributed by atoms with van der Waals surface area (Å²) < 4.78 is 10.9. The minimum atomic E-state index is -1.26. The van der Waals surface area contributed by atoms with Gasteiger partial charge in [-0.3, -0.25) is 4.79 Å². The predicted octanol–water partition coefficient (Wildman–Crippen LogP) is 4.14. The summed E-state index contributed by atoms with van der Waals surface area (Å²) in [4.78, 5) is 24.9. The first-order chi connectivity index (χ1) is 14.0. The van der Waals surface area contributed by atoms with Gasteiger partial charge in [0.15, 0.2) is 5.60 Å². The molecule has 0 bridgehead atoms. The van der Waals surface area contributed by atoms with Crippen molar-refractivity contribution in [2.75, 3.05) is 13.2 Å². The van der Waals surface area contributed by atoms with Gasteiger partial charge in [0, 0.05) is 17.0 Å². The lowest BCUT2D eigenvalue weighted by molar-refractivity contribution is -0.167. The molecule has 2 aromatic carbocycles. The summed E-state index contributed by atoms with van der Waals surface area (Å²) in [6, 6.07) is 16.4. The van der Waals surface area contributed by atoms with Gasteiger partial charge in [0.05, 0.1) is 12.5 Å². The first kappa shape index (κ1) is 21.1. The molecule has 6 heteroatoms. The summed E-state index contributed by atoms with van der Waals surface area (Å²) in [5.74, 6) is -1.34. The van der Waals surface area contributed by atoms with Crippen LogP contribution < -0.4 is 0 Å². The zero-order chi connectivity index (χ0) is 20.9. The van der Waals surface area contributed by atoms with Gasteiger partial charge >= 0.3 is 11.9 Å². The standard InChI is InChI=1S/C23H23ClO5/c1-2-20(17-6-4-3-5-7-17)22(27)28-15-23(14-25)13-18(21(26)29-23)12-16-8-10-19(24)11-9-16/h3-12,20,25H,2,13-15H2,1H3/b18-12+. The third-order valence-electron chi connectivity index (χ3n) is 4.96. The third kappa shape index (κ3) is 5.05. The van der Waals surface area contributed by atoms with Gasteiger partial charge in [-0.1, -0.05) is 61.0 Å². The molecule has 1 N–H and O–H groups in total. The van der Waals surface area contributed by atoms with Gasteiger partial charge < -0.3 is 14.6 Å². The maximum absolute atomic E-state index is 12.6. The molecule has 1 aliphatic heterocycles. The van der Waals surface area contributed by atoms with Crippen LogP contribution in [0.1, 0.15) is 36.8 Å². The molecule has 0 spiro atoms. The van der Waals surface area contributed by atoms with Crippen LogP contribution in [-0.4, -0.2) is 35.9 Å². The van der Waals surface area contributed by atoms with Crippen LogP contribution in [0.5, 0.6) is 0 Å². The summed E-state index contributed by atoms with van der Waals surface area (Å²) in [5, 5.41) is 10.5. The highest BCUT2D eigenvalue weighted by atomic mass is 35.5. The number of carbonyl (C=O) groups excluding carboxylic acids is 2. The number of aliphatic hydroxyl groups is 1. The van der Waals surface area contributed by atoms with Crippen molar-refractivity contribution >= 4 is 29.6 Å². The summed E-state index contributed by atoms with van der Waals surface area (Å²) >= 11 is 5.88. The van der Waals surface area contributed by atoms with Crippen LogP contribution in [0, 0.1) is 0 Å². The number of carbonyl (C=O) groups is 2. The van der Waals surface area contributed by atoms with Gasteiger partial charge in [0.25, 0.3) is 0 Å². The van der Waals surface area contributed by atoms with Crippen molar-refractivity contribution in [2.24, 2.45) is 0 Å². The zero-order valence-corrected chi connectivity index (χ0v) is 16.9. The molecule has 2 aromatic rings. The molecule has 2 atom stereocenters. The Morgan fingerprint density at radius 1 is 1.24 bits per heavy atom. The Hall–Kier alpha value is -2.63. The average Bonchev–Trinajstić information content (AvgIpc) is 3.05. The van der Waals surface area contributed by atoms with Crippen LogP contribution in [-0.2, 0) is 19.1 Å². The Labute approximate surface area is 174 Å². The van der Waals surface area contributed by atoms with Gasteiger partial charge in [-0.2, -0.15) is 0 Å². The number of ether oxygens (including phenoxy) is 2. The number of hydrogen-bond donors (Lipinski definition) is 1. The largest absolute Gasteiger partial charge is 0.461 e. The van der Waals surface area contributed by atoms with E-state index in [0.29, 0.717) is 17.0 Å². The second-order valence-corrected chi connectivity index (χ2v) is 7.54. The van der Waals surface area contributed by atoms with Gasteiger partial charge in [0.2, 0.25) is 0 Å². The van der Waals surface area contributed by atoms with Gasteiger partial charge in [-0.15, -0.1) is 0 Å². The molecular formula is C23H23ClO5. The van der Waals surface area contributed by atoms with Crippen LogP contribution in [0.2, 0.25) is 5.02 Å². The maximum Gasteiger partial charge on any atom is 0.334 e. The molecule has 1 heterocycles. The average molecular weight is 415 g/mol. The highest BCUT2D eigenvalue weighted by Gasteiger charge is 2.45. The van der Waals surface area contributed by atoms with Crippen molar-refractivity contribution in [1.82, 2.24) is 0 Å². The van der Waals surface area contributed by atoms with Gasteiger partial charge in [-0.05, 0) is 35.8 Å². The number of esters is 2. The monoisotopic (exact) mass is 414 g/mol. The Kier molecular flexibility index (Phi) is 6.72. The summed E-state index contributed by atoms with van der Waals surface area (Å²) in [6.07, 6.45) is 2.42. The number of hydrogen-bond acceptors (Lipinski definition) is 5. The molecule has 1 fully saturated rings. The molecule has 29 heavy (non-hydrogen) atoms. The summed E-state index contributed by atoms with van der Waals surface area (Å²) in [5.41, 5.74) is 0.805. The van der Waals surface area contributed by atoms with E-state index < -0.39 is 30.1 Å². The lowest BCUT2D eigenvalue weighted by atomic mass is 9.96. The van der Waals surface area contributed by atoms with Gasteiger partial charge in [-0.25, -0.2) is 4.79 Å². The van der Waals surface area contributed by atoms with Crippen LogP contribution in [0.15, 0.2) is 60.2 Å². The Morgan fingerprint density at radius 2 is 1.93 bits per heavy atom. The number of rotatable bonds is 7. The smallest absolute Gasteiger partial charge is 0.334 e. The highest BCUT2D eigenvalue weighted by molar-refractivity contribution is 6.30. The zero-order valence-electron chi connectivity index (χ0n) is 16.1. The fraction of sp³-hybridized carbons (Fsp3) is 0.304. The van der Waals surface area contributed by atoms with Crippen LogP contribution in [0.3, 0.4) is 0 Å². The number of halogens is 1. The molecule has 1 saturated heterocycles. The predicted molar refractivity (Wildman–Crippen MR) is 110 cm³/mol. The lowest BCUT2D eigenvalue weighted by Gasteiger charge is -2.25. The molecule has 0 radical (unpaired) electrons. The van der Waals surface area contributed by atoms with E-state index in [1.54, 1.807) is 30.3 Å². The van der Waals surface area contributed by atoms with E-state index >= 15 is 0 Å². The fourth-order valence-electron chi connectivity index (χ4n) is 3.33. The highest BCUT2D eigenvalue weighted by Crippen LogP contribution is 2.33. The van der Waals surface area contributed by atoms with E-state index in [2.05, 4.69) is 0 Å². The Morgan fingerprint density at radius 3 is 2.55 bits per heavy atom. The summed E-state index contributed by atoms with van der Waals surface area (Å²) in [6.45, 7) is 1.27. The molecule has 0 aliphatic carbocycles. The van der Waals surface area contributed by atoms with Crippen molar-refractivity contribution in [2.45, 2.75) is 31.3 Å². The number of benzene rings is 2. The molecule has 152 valence electrons. The van der Waals surface area contributed by atoms with Crippen molar-refractivity contribution in [3.05, 3.63) is 76.3 Å². The first-order valence-electron chi connectivity index (χ1n) is 9.48. The van der Waals surface area contributed by atoms with E-state index in [0.717, 1.165) is 11.1 Å². The SMILES string of the molecule is CCC(C(=O)OCC1(CO)C/C(=C\c2ccc(Cl)cc2)C(=O)O1)c1ccccc1. The first-order valence-corrected chi connectivity index (χ1v) is 9.86. The molecule has 2 unspecified atom stereocenters. The van der Waals surface area contributed by atoms with Crippen LogP contribution in [0.4, 0.5) is 0 Å². The van der Waals surface area contributed by atoms with Crippen molar-refractivity contribution in [3.63, 3.8) is 0 Å². The second kappa shape index (κ2) is 9.25. The molecule has 0 amide bonds. The van der Waals surface area contributed by atoms with E-state index in [9.17, 15) is 14.7 Å². The van der Waals surface area contributed by atoms with Crippen molar-refractivity contribution in [1.29, 1.82) is 0 Å². The summed E-state index contributed by atoms with van der Waals surface area (Å²) in [7, 11) is 0. The van der Waals surface area contributed by atoms with E-state index in [4.69, 9.17) is 21.1 Å². The quantitative estimate of drug-likeness (QED) is 0.544. The molecule has 1 aliphatic rings. The van der Waals surface area contributed by atoms with Crippen molar-refractivity contribution < 1.29 is 24.2 Å². The topological polar surface area (TPSA) is 72.8 Å². The second-order valence-electron chi connectivity index (χ2n) is 7.11. The van der Waals surface area contributed by atoms with E-state index in [-0.39, 0.29) is 13.0 Å². The molecular weight excluding hydrogens is 392 g/mol. The van der Waals surface area contributed by atoms with Crippen LogP contribution in [0.25, 0.3) is 6.08 Å². The van der Waals surface area contributed by atoms with Crippen LogP contribution >= 0.6 is 11.6 Å². The molecule has 0 aromatic heterocycles. The minimum Gasteiger partial charge on any atom is -0.461 e. The van der Waals surface area contributed by atoms with Crippen molar-refractivity contribution in [3.8, 4) is 0 Å². The maximum atomic E-state index is 12.6.